The van der Waals surface area contributed by atoms with E-state index in [0.29, 0.717) is 6.61 Å². The summed E-state index contributed by atoms with van der Waals surface area (Å²) in [5, 5.41) is 0. The second kappa shape index (κ2) is 9.18. The lowest BCUT2D eigenvalue weighted by molar-refractivity contribution is -0.124. The molecule has 0 aromatic heterocycles. The lowest BCUT2D eigenvalue weighted by Crippen LogP contribution is -2.25. The van der Waals surface area contributed by atoms with Crippen LogP contribution in [-0.2, 0) is 4.79 Å². The maximum absolute atomic E-state index is 11.9. The molecule has 20 heavy (non-hydrogen) atoms. The first kappa shape index (κ1) is 16.3. The van der Waals surface area contributed by atoms with Crippen LogP contribution in [0.5, 0.6) is 5.75 Å². The summed E-state index contributed by atoms with van der Waals surface area (Å²) in [4.78, 5) is 13.7. The summed E-state index contributed by atoms with van der Waals surface area (Å²) in [6.45, 7) is 5.68. The third kappa shape index (κ3) is 5.47. The number of likely N-dealkylation sites (N-methyl/N-ethyl adjacent to an activating group) is 1. The number of unbranched alkanes of at least 4 members (excludes halogenated alkanes) is 1. The number of carbonyl (C=O) groups excluding carboxylic acids is 1. The molecule has 3 heteroatoms. The second-order valence-corrected chi connectivity index (χ2v) is 4.83. The van der Waals surface area contributed by atoms with Crippen molar-refractivity contribution in [2.24, 2.45) is 0 Å². The van der Waals surface area contributed by atoms with Crippen LogP contribution in [0.3, 0.4) is 0 Å². The Morgan fingerprint density at radius 2 is 2.00 bits per heavy atom. The van der Waals surface area contributed by atoms with Gasteiger partial charge in [0.05, 0.1) is 6.61 Å². The largest absolute Gasteiger partial charge is 0.493 e. The zero-order chi connectivity index (χ0) is 14.8. The van der Waals surface area contributed by atoms with E-state index in [9.17, 15) is 4.79 Å². The molecule has 1 amide bonds. The molecule has 0 radical (unpaired) electrons. The fourth-order valence-electron chi connectivity index (χ4n) is 1.76. The third-order valence-electron chi connectivity index (χ3n) is 3.01. The Morgan fingerprint density at radius 3 is 2.70 bits per heavy atom. The van der Waals surface area contributed by atoms with Crippen LogP contribution in [0.25, 0.3) is 6.08 Å². The molecule has 110 valence electrons. The van der Waals surface area contributed by atoms with Crippen LogP contribution in [-0.4, -0.2) is 31.0 Å². The minimum Gasteiger partial charge on any atom is -0.493 e. The van der Waals surface area contributed by atoms with Crippen LogP contribution in [0.1, 0.15) is 38.7 Å². The molecule has 0 atom stereocenters. The lowest BCUT2D eigenvalue weighted by Gasteiger charge is -2.14. The fourth-order valence-corrected chi connectivity index (χ4v) is 1.76. The lowest BCUT2D eigenvalue weighted by atomic mass is 10.2. The number of benzene rings is 1. The number of hydrogen-bond acceptors (Lipinski definition) is 2. The molecule has 0 saturated heterocycles. The van der Waals surface area contributed by atoms with Crippen LogP contribution < -0.4 is 4.74 Å². The average molecular weight is 275 g/mol. The van der Waals surface area contributed by atoms with Gasteiger partial charge in [0.15, 0.2) is 0 Å². The second-order valence-electron chi connectivity index (χ2n) is 4.83. The number of ether oxygens (including phenoxy) is 1. The highest BCUT2D eigenvalue weighted by Gasteiger charge is 2.04. The van der Waals surface area contributed by atoms with Crippen LogP contribution >= 0.6 is 0 Å². The quantitative estimate of drug-likeness (QED) is 0.676. The molecular formula is C17H25NO2. The number of rotatable bonds is 8. The van der Waals surface area contributed by atoms with Gasteiger partial charge in [0.2, 0.25) is 5.91 Å². The van der Waals surface area contributed by atoms with Gasteiger partial charge in [-0.15, -0.1) is 0 Å². The van der Waals surface area contributed by atoms with Crippen molar-refractivity contribution in [1.29, 1.82) is 0 Å². The molecule has 1 aromatic rings. The molecule has 0 aliphatic rings. The van der Waals surface area contributed by atoms with Crippen molar-refractivity contribution in [3.8, 4) is 5.75 Å². The van der Waals surface area contributed by atoms with E-state index in [4.69, 9.17) is 4.74 Å². The number of para-hydroxylation sites is 1. The van der Waals surface area contributed by atoms with E-state index >= 15 is 0 Å². The average Bonchev–Trinajstić information content (AvgIpc) is 2.48. The minimum absolute atomic E-state index is 0.0312. The Hall–Kier alpha value is -1.77. The summed E-state index contributed by atoms with van der Waals surface area (Å²) in [5.74, 6) is 0.860. The number of hydrogen-bond donors (Lipinski definition) is 0. The molecule has 3 nitrogen and oxygen atoms in total. The normalized spacial score (nSPS) is 10.8. The van der Waals surface area contributed by atoms with Crippen molar-refractivity contribution in [2.45, 2.75) is 33.1 Å². The number of amides is 1. The predicted octanol–water partition coefficient (Wildman–Crippen LogP) is 3.75. The first-order chi connectivity index (χ1) is 9.69. The Morgan fingerprint density at radius 1 is 1.25 bits per heavy atom. The highest BCUT2D eigenvalue weighted by Crippen LogP contribution is 2.19. The number of nitrogens with zero attached hydrogens (tertiary/aromatic N) is 1. The summed E-state index contributed by atoms with van der Waals surface area (Å²) in [5.41, 5.74) is 0.943. The topological polar surface area (TPSA) is 29.5 Å². The third-order valence-corrected chi connectivity index (χ3v) is 3.01. The van der Waals surface area contributed by atoms with Gasteiger partial charge in [0.1, 0.15) is 5.75 Å². The van der Waals surface area contributed by atoms with E-state index in [1.54, 1.807) is 11.0 Å². The SMILES string of the molecule is CCCCN(C)C(=O)/C=C/c1ccccc1OCCC. The Balaban J connectivity index is 2.67. The van der Waals surface area contributed by atoms with E-state index in [1.807, 2.05) is 37.4 Å². The monoisotopic (exact) mass is 275 g/mol. The standard InChI is InChI=1S/C17H25NO2/c1-4-6-13-18(3)17(19)12-11-15-9-7-8-10-16(15)20-14-5-2/h7-12H,4-6,13-14H2,1-3H3/b12-11+. The van der Waals surface area contributed by atoms with E-state index in [2.05, 4.69) is 13.8 Å². The van der Waals surface area contributed by atoms with Crippen molar-refractivity contribution in [3.63, 3.8) is 0 Å². The molecule has 0 heterocycles. The zero-order valence-corrected chi connectivity index (χ0v) is 12.8. The van der Waals surface area contributed by atoms with Crippen molar-refractivity contribution in [3.05, 3.63) is 35.9 Å². The summed E-state index contributed by atoms with van der Waals surface area (Å²) in [6.07, 6.45) is 6.54. The molecule has 0 bridgehead atoms. The number of carbonyl (C=O) groups is 1. The molecular weight excluding hydrogens is 250 g/mol. The van der Waals surface area contributed by atoms with Crippen molar-refractivity contribution < 1.29 is 9.53 Å². The highest BCUT2D eigenvalue weighted by molar-refractivity contribution is 5.91. The van der Waals surface area contributed by atoms with Crippen LogP contribution in [0.4, 0.5) is 0 Å². The smallest absolute Gasteiger partial charge is 0.246 e. The summed E-state index contributed by atoms with van der Waals surface area (Å²) in [6, 6.07) is 7.78. The molecule has 0 spiro atoms. The summed E-state index contributed by atoms with van der Waals surface area (Å²) in [7, 11) is 1.84. The van der Waals surface area contributed by atoms with Gasteiger partial charge in [-0.2, -0.15) is 0 Å². The zero-order valence-electron chi connectivity index (χ0n) is 12.8. The van der Waals surface area contributed by atoms with Crippen LogP contribution in [0, 0.1) is 0 Å². The Labute approximate surface area is 122 Å². The molecule has 0 unspecified atom stereocenters. The first-order valence-electron chi connectivity index (χ1n) is 7.34. The molecule has 1 aromatic carbocycles. The van der Waals surface area contributed by atoms with Crippen LogP contribution in [0.15, 0.2) is 30.3 Å². The molecule has 0 N–H and O–H groups in total. The Kier molecular flexibility index (Phi) is 7.48. The van der Waals surface area contributed by atoms with E-state index < -0.39 is 0 Å². The van der Waals surface area contributed by atoms with Gasteiger partial charge in [-0.1, -0.05) is 38.5 Å². The van der Waals surface area contributed by atoms with Crippen molar-refractivity contribution >= 4 is 12.0 Å². The molecule has 0 aliphatic heterocycles. The van der Waals surface area contributed by atoms with Gasteiger partial charge in [-0.3, -0.25) is 4.79 Å². The summed E-state index contributed by atoms with van der Waals surface area (Å²) >= 11 is 0. The molecule has 0 saturated carbocycles. The van der Waals surface area contributed by atoms with Gasteiger partial charge < -0.3 is 9.64 Å². The predicted molar refractivity (Wildman–Crippen MR) is 83.8 cm³/mol. The maximum atomic E-state index is 11.9. The van der Waals surface area contributed by atoms with E-state index in [0.717, 1.165) is 37.1 Å². The summed E-state index contributed by atoms with van der Waals surface area (Å²) < 4.78 is 5.67. The van der Waals surface area contributed by atoms with Crippen molar-refractivity contribution in [1.82, 2.24) is 4.90 Å². The fraction of sp³-hybridized carbons (Fsp3) is 0.471. The van der Waals surface area contributed by atoms with Gasteiger partial charge in [0.25, 0.3) is 0 Å². The van der Waals surface area contributed by atoms with Gasteiger partial charge >= 0.3 is 0 Å². The molecule has 0 fully saturated rings. The minimum atomic E-state index is 0.0312. The molecule has 1 rings (SSSR count). The van der Waals surface area contributed by atoms with Gasteiger partial charge in [-0.25, -0.2) is 0 Å². The van der Waals surface area contributed by atoms with E-state index in [-0.39, 0.29) is 5.91 Å². The van der Waals surface area contributed by atoms with E-state index in [1.165, 1.54) is 0 Å². The maximum Gasteiger partial charge on any atom is 0.246 e. The molecule has 0 aliphatic carbocycles. The first-order valence-corrected chi connectivity index (χ1v) is 7.34. The van der Waals surface area contributed by atoms with Gasteiger partial charge in [0, 0.05) is 25.2 Å². The van der Waals surface area contributed by atoms with Crippen LogP contribution in [0.2, 0.25) is 0 Å². The Bertz CT molecular complexity index is 440. The van der Waals surface area contributed by atoms with Crippen molar-refractivity contribution in [2.75, 3.05) is 20.2 Å². The highest BCUT2D eigenvalue weighted by atomic mass is 16.5. The van der Waals surface area contributed by atoms with Gasteiger partial charge in [-0.05, 0) is 25.0 Å².